The van der Waals surface area contributed by atoms with Gasteiger partial charge in [0.2, 0.25) is 0 Å². The minimum atomic E-state index is -0.384. The molecule has 194 valence electrons. The maximum Gasteiger partial charge on any atom is 0.273 e. The Hall–Kier alpha value is -4.42. The molecule has 1 aliphatic rings. The van der Waals surface area contributed by atoms with Gasteiger partial charge in [0.25, 0.3) is 5.91 Å². The number of carbonyl (C=O) groups is 1. The average Bonchev–Trinajstić information content (AvgIpc) is 3.49. The summed E-state index contributed by atoms with van der Waals surface area (Å²) in [6, 6.07) is 29.3. The van der Waals surface area contributed by atoms with E-state index in [-0.39, 0.29) is 17.8 Å². The fourth-order valence-corrected chi connectivity index (χ4v) is 5.14. The highest BCUT2D eigenvalue weighted by atomic mass is 35.5. The number of benzene rings is 4. The zero-order chi connectivity index (χ0) is 26.9. The van der Waals surface area contributed by atoms with Gasteiger partial charge in [0.15, 0.2) is 0 Å². The number of hydrogen-bond acceptors (Lipinski definition) is 3. The van der Waals surface area contributed by atoms with E-state index in [0.717, 1.165) is 39.1 Å². The lowest BCUT2D eigenvalue weighted by atomic mass is 9.95. The van der Waals surface area contributed by atoms with Gasteiger partial charge in [-0.25, -0.2) is 4.39 Å². The van der Waals surface area contributed by atoms with E-state index >= 15 is 0 Å². The summed E-state index contributed by atoms with van der Waals surface area (Å²) in [7, 11) is 0. The summed E-state index contributed by atoms with van der Waals surface area (Å²) in [6.45, 7) is 2.70. The van der Waals surface area contributed by atoms with Gasteiger partial charge in [-0.1, -0.05) is 83.9 Å². The standard InChI is InChI=1S/C32H25ClFN3O2/c1-20-6-10-22(11-7-20)29-28-30(36-35-29)32(38)37(18-21-8-14-25(34)15-9-21)31(28)23-12-16-26(17-13-23)39-19-24-4-2-3-5-27(24)33/h2-17,31H,18-19H2,1H3,(H,35,36). The van der Waals surface area contributed by atoms with Crippen molar-refractivity contribution < 1.29 is 13.9 Å². The molecule has 5 nitrogen and oxygen atoms in total. The Morgan fingerprint density at radius 1 is 0.949 bits per heavy atom. The van der Waals surface area contributed by atoms with Gasteiger partial charge in [-0.2, -0.15) is 5.10 Å². The second-order valence-electron chi connectivity index (χ2n) is 9.64. The summed E-state index contributed by atoms with van der Waals surface area (Å²) in [6.07, 6.45) is 0. The Labute approximate surface area is 230 Å². The monoisotopic (exact) mass is 537 g/mol. The first-order valence-electron chi connectivity index (χ1n) is 12.6. The van der Waals surface area contributed by atoms with Gasteiger partial charge < -0.3 is 9.64 Å². The second kappa shape index (κ2) is 10.4. The van der Waals surface area contributed by atoms with E-state index in [4.69, 9.17) is 16.3 Å². The van der Waals surface area contributed by atoms with Gasteiger partial charge in [-0.05, 0) is 48.4 Å². The number of nitrogens with one attached hydrogen (secondary N) is 1. The molecule has 1 amide bonds. The number of aryl methyl sites for hydroxylation is 1. The molecular formula is C32H25ClFN3O2. The number of hydrogen-bond donors (Lipinski definition) is 1. The van der Waals surface area contributed by atoms with Crippen LogP contribution < -0.4 is 4.74 Å². The van der Waals surface area contributed by atoms with Crippen LogP contribution in [0.5, 0.6) is 5.75 Å². The van der Waals surface area contributed by atoms with Gasteiger partial charge in [-0.3, -0.25) is 9.89 Å². The minimum absolute atomic E-state index is 0.149. The predicted molar refractivity (Wildman–Crippen MR) is 149 cm³/mol. The predicted octanol–water partition coefficient (Wildman–Crippen LogP) is 7.50. The van der Waals surface area contributed by atoms with E-state index in [1.807, 2.05) is 79.7 Å². The van der Waals surface area contributed by atoms with E-state index in [2.05, 4.69) is 10.2 Å². The number of halogens is 2. The van der Waals surface area contributed by atoms with Crippen molar-refractivity contribution in [2.75, 3.05) is 0 Å². The van der Waals surface area contributed by atoms with Crippen LogP contribution in [-0.4, -0.2) is 21.0 Å². The largest absolute Gasteiger partial charge is 0.489 e. The van der Waals surface area contributed by atoms with Crippen molar-refractivity contribution in [3.05, 3.63) is 141 Å². The molecule has 0 saturated heterocycles. The van der Waals surface area contributed by atoms with Crippen molar-refractivity contribution in [3.8, 4) is 17.0 Å². The molecule has 5 aromatic rings. The summed E-state index contributed by atoms with van der Waals surface area (Å²) in [5, 5.41) is 8.20. The molecule has 0 spiro atoms. The number of aromatic amines is 1. The number of rotatable bonds is 7. The number of aromatic nitrogens is 2. The lowest BCUT2D eigenvalue weighted by Gasteiger charge is -2.26. The third-order valence-corrected chi connectivity index (χ3v) is 7.37. The van der Waals surface area contributed by atoms with Crippen molar-refractivity contribution >= 4 is 17.5 Å². The third-order valence-electron chi connectivity index (χ3n) is 7.00. The summed E-state index contributed by atoms with van der Waals surface area (Å²) in [4.78, 5) is 15.5. The molecule has 0 radical (unpaired) electrons. The number of amides is 1. The molecule has 1 aromatic heterocycles. The lowest BCUT2D eigenvalue weighted by molar-refractivity contribution is 0.0730. The number of fused-ring (bicyclic) bond motifs is 1. The molecule has 1 N–H and O–H groups in total. The van der Waals surface area contributed by atoms with Crippen LogP contribution in [0.3, 0.4) is 0 Å². The quantitative estimate of drug-likeness (QED) is 0.234. The Kier molecular flexibility index (Phi) is 6.63. The minimum Gasteiger partial charge on any atom is -0.489 e. The Morgan fingerprint density at radius 3 is 2.38 bits per heavy atom. The maximum absolute atomic E-state index is 13.7. The number of ether oxygens (including phenoxy) is 1. The van der Waals surface area contributed by atoms with Crippen LogP contribution in [0.1, 0.15) is 44.3 Å². The molecule has 0 bridgehead atoms. The molecule has 39 heavy (non-hydrogen) atoms. The third kappa shape index (κ3) is 4.91. The van der Waals surface area contributed by atoms with E-state index < -0.39 is 0 Å². The lowest BCUT2D eigenvalue weighted by Crippen LogP contribution is -2.29. The van der Waals surface area contributed by atoms with Gasteiger partial charge in [-0.15, -0.1) is 0 Å². The van der Waals surface area contributed by atoms with Crippen molar-refractivity contribution in [3.63, 3.8) is 0 Å². The van der Waals surface area contributed by atoms with E-state index in [9.17, 15) is 9.18 Å². The summed E-state index contributed by atoms with van der Waals surface area (Å²) < 4.78 is 19.6. The van der Waals surface area contributed by atoms with Gasteiger partial charge in [0, 0.05) is 28.3 Å². The fraction of sp³-hybridized carbons (Fsp3) is 0.125. The normalized spacial score (nSPS) is 14.5. The summed E-state index contributed by atoms with van der Waals surface area (Å²) >= 11 is 6.27. The fourth-order valence-electron chi connectivity index (χ4n) is 4.95. The van der Waals surface area contributed by atoms with Gasteiger partial charge in [0.1, 0.15) is 23.9 Å². The second-order valence-corrected chi connectivity index (χ2v) is 10.0. The molecule has 1 aliphatic heterocycles. The molecule has 0 fully saturated rings. The topological polar surface area (TPSA) is 58.2 Å². The molecule has 1 atom stereocenters. The molecular weight excluding hydrogens is 513 g/mol. The molecule has 0 saturated carbocycles. The van der Waals surface area contributed by atoms with Crippen molar-refractivity contribution in [2.45, 2.75) is 26.1 Å². The Morgan fingerprint density at radius 2 is 1.67 bits per heavy atom. The number of nitrogens with zero attached hydrogens (tertiary/aromatic N) is 2. The molecule has 4 aromatic carbocycles. The molecule has 1 unspecified atom stereocenters. The Balaban J connectivity index is 1.35. The molecule has 7 heteroatoms. The number of carbonyl (C=O) groups excluding carboxylic acids is 1. The molecule has 0 aliphatic carbocycles. The highest BCUT2D eigenvalue weighted by molar-refractivity contribution is 6.31. The van der Waals surface area contributed by atoms with Crippen molar-refractivity contribution in [1.29, 1.82) is 0 Å². The highest BCUT2D eigenvalue weighted by Gasteiger charge is 2.42. The first-order chi connectivity index (χ1) is 19.0. The van der Waals surface area contributed by atoms with Crippen LogP contribution >= 0.6 is 11.6 Å². The van der Waals surface area contributed by atoms with Crippen LogP contribution in [0, 0.1) is 12.7 Å². The van der Waals surface area contributed by atoms with E-state index in [1.165, 1.54) is 12.1 Å². The van der Waals surface area contributed by atoms with Gasteiger partial charge >= 0.3 is 0 Å². The average molecular weight is 538 g/mol. The molecule has 6 rings (SSSR count). The SMILES string of the molecule is Cc1ccc(-c2n[nH]c3c2C(c2ccc(OCc4ccccc4Cl)cc2)N(Cc2ccc(F)cc2)C3=O)cc1. The number of H-pyrrole nitrogens is 1. The Bertz CT molecular complexity index is 1630. The van der Waals surface area contributed by atoms with Crippen LogP contribution in [0.2, 0.25) is 5.02 Å². The zero-order valence-electron chi connectivity index (χ0n) is 21.2. The first-order valence-corrected chi connectivity index (χ1v) is 13.0. The maximum atomic E-state index is 13.7. The summed E-state index contributed by atoms with van der Waals surface area (Å²) in [5.41, 5.74) is 6.77. The molecule has 2 heterocycles. The smallest absolute Gasteiger partial charge is 0.273 e. The summed E-state index contributed by atoms with van der Waals surface area (Å²) in [5.74, 6) is 0.231. The van der Waals surface area contributed by atoms with E-state index in [1.54, 1.807) is 17.0 Å². The first kappa shape index (κ1) is 24.9. The van der Waals surface area contributed by atoms with Crippen LogP contribution in [0.25, 0.3) is 11.3 Å². The van der Waals surface area contributed by atoms with E-state index in [0.29, 0.717) is 29.6 Å². The van der Waals surface area contributed by atoms with Crippen molar-refractivity contribution in [2.24, 2.45) is 0 Å². The zero-order valence-corrected chi connectivity index (χ0v) is 22.0. The van der Waals surface area contributed by atoms with Crippen LogP contribution in [0.4, 0.5) is 4.39 Å². The van der Waals surface area contributed by atoms with Crippen LogP contribution in [-0.2, 0) is 13.2 Å². The van der Waals surface area contributed by atoms with Crippen molar-refractivity contribution in [1.82, 2.24) is 15.1 Å². The van der Waals surface area contributed by atoms with Crippen LogP contribution in [0.15, 0.2) is 97.1 Å². The highest BCUT2D eigenvalue weighted by Crippen LogP contribution is 2.43. The van der Waals surface area contributed by atoms with Gasteiger partial charge in [0.05, 0.1) is 11.7 Å².